The van der Waals surface area contributed by atoms with E-state index in [4.69, 9.17) is 5.73 Å². The van der Waals surface area contributed by atoms with Gasteiger partial charge in [0.1, 0.15) is 17.2 Å². The van der Waals surface area contributed by atoms with Crippen LogP contribution in [0.4, 0.5) is 19.0 Å². The summed E-state index contributed by atoms with van der Waals surface area (Å²) >= 11 is 0. The van der Waals surface area contributed by atoms with Gasteiger partial charge in [0.2, 0.25) is 5.43 Å². The highest BCUT2D eigenvalue weighted by atomic mass is 19.1. The number of hydrogen-bond acceptors (Lipinski definition) is 5. The van der Waals surface area contributed by atoms with Crippen molar-refractivity contribution in [2.45, 2.75) is 12.5 Å². The number of hydrogen-bond donors (Lipinski definition) is 2. The summed E-state index contributed by atoms with van der Waals surface area (Å²) in [6, 6.07) is 3.39. The fourth-order valence-electron chi connectivity index (χ4n) is 3.43. The Labute approximate surface area is 167 Å². The van der Waals surface area contributed by atoms with Gasteiger partial charge in [-0.15, -0.1) is 0 Å². The Balaban J connectivity index is 0.00000256. The lowest BCUT2D eigenvalue weighted by molar-refractivity contribution is 0.0695. The van der Waals surface area contributed by atoms with E-state index in [1.807, 2.05) is 0 Å². The summed E-state index contributed by atoms with van der Waals surface area (Å²) in [4.78, 5) is 29.8. The van der Waals surface area contributed by atoms with Gasteiger partial charge < -0.3 is 21.2 Å². The summed E-state index contributed by atoms with van der Waals surface area (Å²) in [6.07, 6.45) is 1.52. The first-order chi connectivity index (χ1) is 13.8. The van der Waals surface area contributed by atoms with Gasteiger partial charge >= 0.3 is 5.97 Å². The van der Waals surface area contributed by atoms with Crippen LogP contribution in [-0.4, -0.2) is 45.2 Å². The maximum absolute atomic E-state index is 14.7. The predicted molar refractivity (Wildman–Crippen MR) is 103 cm³/mol. The predicted octanol–water partition coefficient (Wildman–Crippen LogP) is 1.21. The average Bonchev–Trinajstić information content (AvgIpc) is 3.08. The zero-order valence-corrected chi connectivity index (χ0v) is 15.4. The van der Waals surface area contributed by atoms with Crippen molar-refractivity contribution in [3.63, 3.8) is 0 Å². The Hall–Kier alpha value is -3.44. The number of fused-ring (bicyclic) bond motifs is 1. The van der Waals surface area contributed by atoms with E-state index < -0.39 is 34.4 Å². The highest BCUT2D eigenvalue weighted by molar-refractivity contribution is 5.92. The number of carboxylic acid groups (broad SMARTS) is 1. The quantitative estimate of drug-likeness (QED) is 0.652. The van der Waals surface area contributed by atoms with Crippen molar-refractivity contribution < 1.29 is 28.5 Å². The first-order valence-electron chi connectivity index (χ1n) is 8.71. The van der Waals surface area contributed by atoms with Crippen molar-refractivity contribution in [3.8, 4) is 5.69 Å². The van der Waals surface area contributed by atoms with Crippen LogP contribution in [0.5, 0.6) is 0 Å². The number of pyridine rings is 2. The number of anilines is 1. The molecule has 1 aliphatic heterocycles. The number of benzene rings is 1. The van der Waals surface area contributed by atoms with E-state index in [1.54, 1.807) is 4.90 Å². The number of halogens is 3. The fourth-order valence-corrected chi connectivity index (χ4v) is 3.43. The smallest absolute Gasteiger partial charge is 0.341 e. The van der Waals surface area contributed by atoms with Gasteiger partial charge in [-0.05, 0) is 24.6 Å². The number of nitrogens with two attached hydrogens (primary N) is 1. The summed E-state index contributed by atoms with van der Waals surface area (Å²) in [5, 5.41) is 9.00. The third-order valence-corrected chi connectivity index (χ3v) is 4.84. The first kappa shape index (κ1) is 21.3. The van der Waals surface area contributed by atoms with E-state index in [1.165, 1.54) is 0 Å². The van der Waals surface area contributed by atoms with Crippen LogP contribution in [0.2, 0.25) is 0 Å². The van der Waals surface area contributed by atoms with E-state index >= 15 is 0 Å². The number of aromatic nitrogens is 2. The van der Waals surface area contributed by atoms with Crippen molar-refractivity contribution in [1.82, 2.24) is 9.55 Å². The topological polar surface area (TPSA) is 133 Å². The lowest BCUT2D eigenvalue weighted by Crippen LogP contribution is -2.28. The second-order valence-corrected chi connectivity index (χ2v) is 6.80. The molecule has 158 valence electrons. The molecule has 0 aliphatic carbocycles. The van der Waals surface area contributed by atoms with E-state index in [0.717, 1.165) is 29.0 Å². The molecule has 2 aromatic heterocycles. The molecule has 3 heterocycles. The number of aromatic carboxylic acids is 1. The van der Waals surface area contributed by atoms with Gasteiger partial charge in [0.15, 0.2) is 17.3 Å². The molecule has 8 nitrogen and oxygen atoms in total. The molecule has 11 heteroatoms. The van der Waals surface area contributed by atoms with E-state index in [-0.39, 0.29) is 34.1 Å². The molecule has 30 heavy (non-hydrogen) atoms. The zero-order valence-electron chi connectivity index (χ0n) is 15.4. The highest BCUT2D eigenvalue weighted by Crippen LogP contribution is 2.26. The molecule has 1 fully saturated rings. The normalized spacial score (nSPS) is 16.0. The van der Waals surface area contributed by atoms with E-state index in [2.05, 4.69) is 4.98 Å². The van der Waals surface area contributed by atoms with Gasteiger partial charge in [0.25, 0.3) is 0 Å². The highest BCUT2D eigenvalue weighted by Gasteiger charge is 2.26. The van der Waals surface area contributed by atoms with Gasteiger partial charge in [0.05, 0.1) is 11.1 Å². The zero-order chi connectivity index (χ0) is 20.9. The molecule has 0 saturated carbocycles. The van der Waals surface area contributed by atoms with Crippen molar-refractivity contribution >= 4 is 22.8 Å². The third-order valence-electron chi connectivity index (χ3n) is 4.84. The fraction of sp³-hybridized carbons (Fsp3) is 0.211. The largest absolute Gasteiger partial charge is 0.477 e. The van der Waals surface area contributed by atoms with E-state index in [0.29, 0.717) is 25.6 Å². The van der Waals surface area contributed by atoms with Gasteiger partial charge in [-0.2, -0.15) is 0 Å². The summed E-state index contributed by atoms with van der Waals surface area (Å²) < 4.78 is 43.5. The Morgan fingerprint density at radius 2 is 1.93 bits per heavy atom. The SMILES string of the molecule is NC1CCN(c2nc3c(cc2F)c(=O)c(C(=O)O)cn3-c2ccc(F)cc2F)C1.O. The minimum Gasteiger partial charge on any atom is -0.477 e. The number of nitrogens with zero attached hydrogens (tertiary/aromatic N) is 3. The van der Waals surface area contributed by atoms with Gasteiger partial charge in [-0.3, -0.25) is 9.36 Å². The van der Waals surface area contributed by atoms with E-state index in [9.17, 15) is 27.9 Å². The van der Waals surface area contributed by atoms with Gasteiger partial charge in [0, 0.05) is 31.4 Å². The summed E-state index contributed by atoms with van der Waals surface area (Å²) in [5.74, 6) is -4.30. The molecule has 0 spiro atoms. The maximum Gasteiger partial charge on any atom is 0.341 e. The first-order valence-corrected chi connectivity index (χ1v) is 8.71. The van der Waals surface area contributed by atoms with Crippen LogP contribution in [0.3, 0.4) is 0 Å². The molecule has 1 aromatic carbocycles. The molecular formula is C19H17F3N4O4. The van der Waals surface area contributed by atoms with Crippen LogP contribution in [0.25, 0.3) is 16.7 Å². The Kier molecular flexibility index (Phi) is 5.51. The lowest BCUT2D eigenvalue weighted by atomic mass is 10.1. The molecule has 0 radical (unpaired) electrons. The van der Waals surface area contributed by atoms with Crippen LogP contribution in [0, 0.1) is 17.5 Å². The monoisotopic (exact) mass is 422 g/mol. The summed E-state index contributed by atoms with van der Waals surface area (Å²) in [7, 11) is 0. The minimum atomic E-state index is -1.57. The van der Waals surface area contributed by atoms with Crippen molar-refractivity contribution in [1.29, 1.82) is 0 Å². The van der Waals surface area contributed by atoms with Gasteiger partial charge in [-0.1, -0.05) is 0 Å². The summed E-state index contributed by atoms with van der Waals surface area (Å²) in [6.45, 7) is 0.788. The molecule has 0 bridgehead atoms. The Bertz CT molecular complexity index is 1210. The lowest BCUT2D eigenvalue weighted by Gasteiger charge is -2.19. The molecule has 0 amide bonds. The molecular weight excluding hydrogens is 405 g/mol. The third kappa shape index (κ3) is 3.48. The molecule has 4 rings (SSSR count). The minimum absolute atomic E-state index is 0. The van der Waals surface area contributed by atoms with Crippen LogP contribution in [-0.2, 0) is 0 Å². The number of carbonyl (C=O) groups is 1. The number of rotatable bonds is 3. The Morgan fingerprint density at radius 3 is 2.53 bits per heavy atom. The van der Waals surface area contributed by atoms with Crippen LogP contribution in [0.15, 0.2) is 35.3 Å². The molecule has 1 atom stereocenters. The van der Waals surface area contributed by atoms with Crippen molar-refractivity contribution in [3.05, 3.63) is 63.7 Å². The van der Waals surface area contributed by atoms with Crippen LogP contribution >= 0.6 is 0 Å². The molecule has 5 N–H and O–H groups in total. The van der Waals surface area contributed by atoms with Crippen molar-refractivity contribution in [2.24, 2.45) is 5.73 Å². The summed E-state index contributed by atoms with van der Waals surface area (Å²) in [5.41, 5.74) is 3.82. The molecule has 3 aromatic rings. The second kappa shape index (κ2) is 7.76. The molecule has 1 saturated heterocycles. The Morgan fingerprint density at radius 1 is 1.20 bits per heavy atom. The van der Waals surface area contributed by atoms with Crippen molar-refractivity contribution in [2.75, 3.05) is 18.0 Å². The van der Waals surface area contributed by atoms with Crippen LogP contribution in [0.1, 0.15) is 16.8 Å². The molecule has 1 unspecified atom stereocenters. The molecule has 1 aliphatic rings. The standard InChI is InChI=1S/C19H15F3N4O3.H2O/c20-9-1-2-15(13(21)5-9)26-8-12(19(28)29)16(27)11-6-14(22)18(24-17(11)26)25-4-3-10(23)7-25;/h1-2,5-6,8,10H,3-4,7,23H2,(H,28,29);1H2. The van der Waals surface area contributed by atoms with Crippen LogP contribution < -0.4 is 16.1 Å². The second-order valence-electron chi connectivity index (χ2n) is 6.80. The maximum atomic E-state index is 14.7. The number of carboxylic acids is 1. The average molecular weight is 422 g/mol. The van der Waals surface area contributed by atoms with Gasteiger partial charge in [-0.25, -0.2) is 22.9 Å².